The van der Waals surface area contributed by atoms with Crippen LogP contribution < -0.4 is 5.73 Å². The first-order valence-corrected chi connectivity index (χ1v) is 6.18. The molecule has 1 fully saturated rings. The van der Waals surface area contributed by atoms with Crippen LogP contribution in [0.15, 0.2) is 18.2 Å². The van der Waals surface area contributed by atoms with Crippen molar-refractivity contribution >= 4 is 11.6 Å². The third-order valence-electron chi connectivity index (χ3n) is 3.42. The molecule has 1 saturated heterocycles. The summed E-state index contributed by atoms with van der Waals surface area (Å²) in [6.45, 7) is 7.75. The number of aryl methyl sites for hydroxylation is 1. The fraction of sp³-hybridized carbons (Fsp3) is 0.500. The molecular formula is C14H20N2O2. The minimum Gasteiger partial charge on any atom is -0.398 e. The zero-order valence-electron chi connectivity index (χ0n) is 11.2. The largest absolute Gasteiger partial charge is 0.398 e. The highest BCUT2D eigenvalue weighted by atomic mass is 16.5. The minimum absolute atomic E-state index is 0.0231. The number of rotatable bonds is 1. The molecule has 0 saturated carbocycles. The molecule has 2 N–H and O–H groups in total. The van der Waals surface area contributed by atoms with Gasteiger partial charge >= 0.3 is 0 Å². The first-order chi connectivity index (χ1) is 8.42. The monoisotopic (exact) mass is 248 g/mol. The topological polar surface area (TPSA) is 55.6 Å². The average Bonchev–Trinajstić information content (AvgIpc) is 2.31. The van der Waals surface area contributed by atoms with E-state index in [9.17, 15) is 4.79 Å². The van der Waals surface area contributed by atoms with E-state index >= 15 is 0 Å². The molecule has 0 aromatic heterocycles. The van der Waals surface area contributed by atoms with Crippen LogP contribution in [0.3, 0.4) is 0 Å². The second-order valence-electron chi connectivity index (χ2n) is 5.39. The Balaban J connectivity index is 2.27. The zero-order valence-corrected chi connectivity index (χ0v) is 11.2. The number of benzene rings is 1. The summed E-state index contributed by atoms with van der Waals surface area (Å²) in [7, 11) is 0. The van der Waals surface area contributed by atoms with E-state index in [1.54, 1.807) is 6.07 Å². The van der Waals surface area contributed by atoms with Gasteiger partial charge in [0.05, 0.1) is 18.8 Å². The van der Waals surface area contributed by atoms with E-state index in [2.05, 4.69) is 0 Å². The highest BCUT2D eigenvalue weighted by Gasteiger charge is 2.34. The summed E-state index contributed by atoms with van der Waals surface area (Å²) in [6, 6.07) is 5.47. The number of ether oxygens (including phenoxy) is 1. The second kappa shape index (κ2) is 4.61. The SMILES string of the molecule is Cc1ccc(C(=O)N2CCOCC2(C)C)cc1N. The van der Waals surface area contributed by atoms with Crippen LogP contribution in [0.4, 0.5) is 5.69 Å². The zero-order chi connectivity index (χ0) is 13.3. The van der Waals surface area contributed by atoms with Gasteiger partial charge in [-0.25, -0.2) is 0 Å². The molecule has 4 heteroatoms. The van der Waals surface area contributed by atoms with Gasteiger partial charge in [-0.05, 0) is 38.5 Å². The van der Waals surface area contributed by atoms with Gasteiger partial charge in [-0.15, -0.1) is 0 Å². The quantitative estimate of drug-likeness (QED) is 0.771. The lowest BCUT2D eigenvalue weighted by atomic mass is 10.0. The molecule has 18 heavy (non-hydrogen) atoms. The van der Waals surface area contributed by atoms with Crippen LogP contribution in [-0.4, -0.2) is 36.1 Å². The Bertz CT molecular complexity index is 469. The Labute approximate surface area is 108 Å². The maximum absolute atomic E-state index is 12.5. The fourth-order valence-electron chi connectivity index (χ4n) is 2.16. The normalized spacial score (nSPS) is 18.7. The van der Waals surface area contributed by atoms with Crippen molar-refractivity contribution in [3.05, 3.63) is 29.3 Å². The van der Waals surface area contributed by atoms with Crippen LogP contribution in [0.5, 0.6) is 0 Å². The van der Waals surface area contributed by atoms with Crippen molar-refractivity contribution in [1.29, 1.82) is 0 Å². The number of carbonyl (C=O) groups is 1. The van der Waals surface area contributed by atoms with E-state index in [1.165, 1.54) is 0 Å². The van der Waals surface area contributed by atoms with Crippen LogP contribution in [0.1, 0.15) is 29.8 Å². The van der Waals surface area contributed by atoms with Crippen LogP contribution in [-0.2, 0) is 4.74 Å². The summed E-state index contributed by atoms with van der Waals surface area (Å²) in [6.07, 6.45) is 0. The summed E-state index contributed by atoms with van der Waals surface area (Å²) in [4.78, 5) is 14.4. The molecule has 0 atom stereocenters. The lowest BCUT2D eigenvalue weighted by Crippen LogP contribution is -2.55. The van der Waals surface area contributed by atoms with Crippen molar-refractivity contribution in [2.24, 2.45) is 0 Å². The standard InChI is InChI=1S/C14H20N2O2/c1-10-4-5-11(8-12(10)15)13(17)16-6-7-18-9-14(16,2)3/h4-5,8H,6-7,9,15H2,1-3H3. The molecular weight excluding hydrogens is 228 g/mol. The summed E-state index contributed by atoms with van der Waals surface area (Å²) in [5.74, 6) is 0.0231. The Kier molecular flexibility index (Phi) is 3.30. The predicted molar refractivity (Wildman–Crippen MR) is 71.5 cm³/mol. The Morgan fingerprint density at radius 3 is 2.78 bits per heavy atom. The van der Waals surface area contributed by atoms with E-state index in [1.807, 2.05) is 37.8 Å². The molecule has 98 valence electrons. The fourth-order valence-corrected chi connectivity index (χ4v) is 2.16. The van der Waals surface area contributed by atoms with E-state index in [0.717, 1.165) is 5.56 Å². The molecule has 0 aliphatic carbocycles. The maximum atomic E-state index is 12.5. The van der Waals surface area contributed by atoms with Crippen molar-refractivity contribution in [3.63, 3.8) is 0 Å². The van der Waals surface area contributed by atoms with E-state index in [0.29, 0.717) is 31.0 Å². The molecule has 1 amide bonds. The number of nitrogen functional groups attached to an aromatic ring is 1. The van der Waals surface area contributed by atoms with Crippen molar-refractivity contribution in [2.75, 3.05) is 25.5 Å². The second-order valence-corrected chi connectivity index (χ2v) is 5.39. The summed E-state index contributed by atoms with van der Waals surface area (Å²) in [5, 5.41) is 0. The van der Waals surface area contributed by atoms with Gasteiger partial charge in [-0.1, -0.05) is 6.07 Å². The molecule has 1 aliphatic heterocycles. The van der Waals surface area contributed by atoms with Gasteiger partial charge in [0.2, 0.25) is 0 Å². The molecule has 4 nitrogen and oxygen atoms in total. The smallest absolute Gasteiger partial charge is 0.254 e. The maximum Gasteiger partial charge on any atom is 0.254 e. The molecule has 1 aromatic carbocycles. The predicted octanol–water partition coefficient (Wildman–Crippen LogP) is 1.83. The van der Waals surface area contributed by atoms with Crippen molar-refractivity contribution in [1.82, 2.24) is 4.90 Å². The van der Waals surface area contributed by atoms with Gasteiger partial charge in [-0.2, -0.15) is 0 Å². The number of amides is 1. The lowest BCUT2D eigenvalue weighted by molar-refractivity contribution is -0.0370. The van der Waals surface area contributed by atoms with Crippen LogP contribution >= 0.6 is 0 Å². The molecule has 1 aromatic rings. The highest BCUT2D eigenvalue weighted by Crippen LogP contribution is 2.23. The minimum atomic E-state index is -0.269. The van der Waals surface area contributed by atoms with E-state index in [4.69, 9.17) is 10.5 Å². The van der Waals surface area contributed by atoms with Crippen LogP contribution in [0.2, 0.25) is 0 Å². The number of morpholine rings is 1. The van der Waals surface area contributed by atoms with Crippen molar-refractivity contribution in [2.45, 2.75) is 26.3 Å². The van der Waals surface area contributed by atoms with Gasteiger partial charge < -0.3 is 15.4 Å². The molecule has 0 unspecified atom stereocenters. The van der Waals surface area contributed by atoms with Gasteiger partial charge in [0.15, 0.2) is 0 Å². The molecule has 0 radical (unpaired) electrons. The number of carbonyl (C=O) groups excluding carboxylic acids is 1. The Hall–Kier alpha value is -1.55. The number of hydrogen-bond donors (Lipinski definition) is 1. The van der Waals surface area contributed by atoms with Gasteiger partial charge in [0.25, 0.3) is 5.91 Å². The number of nitrogens with two attached hydrogens (primary N) is 1. The van der Waals surface area contributed by atoms with E-state index < -0.39 is 0 Å². The Morgan fingerprint density at radius 2 is 2.17 bits per heavy atom. The van der Waals surface area contributed by atoms with Gasteiger partial charge in [-0.3, -0.25) is 4.79 Å². The first kappa shape index (κ1) is 12.9. The summed E-state index contributed by atoms with van der Waals surface area (Å²) < 4.78 is 5.43. The van der Waals surface area contributed by atoms with Crippen LogP contribution in [0, 0.1) is 6.92 Å². The van der Waals surface area contributed by atoms with Crippen molar-refractivity contribution in [3.8, 4) is 0 Å². The highest BCUT2D eigenvalue weighted by molar-refractivity contribution is 5.95. The first-order valence-electron chi connectivity index (χ1n) is 6.18. The molecule has 2 rings (SSSR count). The third-order valence-corrected chi connectivity index (χ3v) is 3.42. The van der Waals surface area contributed by atoms with E-state index in [-0.39, 0.29) is 11.4 Å². The average molecular weight is 248 g/mol. The molecule has 0 bridgehead atoms. The molecule has 1 heterocycles. The van der Waals surface area contributed by atoms with Crippen LogP contribution in [0.25, 0.3) is 0 Å². The van der Waals surface area contributed by atoms with Crippen molar-refractivity contribution < 1.29 is 9.53 Å². The number of hydrogen-bond acceptors (Lipinski definition) is 3. The summed E-state index contributed by atoms with van der Waals surface area (Å²) in [5.41, 5.74) is 7.89. The molecule has 1 aliphatic rings. The van der Waals surface area contributed by atoms with Gasteiger partial charge in [0, 0.05) is 17.8 Å². The molecule has 0 spiro atoms. The number of anilines is 1. The lowest BCUT2D eigenvalue weighted by Gasteiger charge is -2.42. The number of nitrogens with zero attached hydrogens (tertiary/aromatic N) is 1. The third kappa shape index (κ3) is 2.34. The van der Waals surface area contributed by atoms with Gasteiger partial charge in [0.1, 0.15) is 0 Å². The summed E-state index contributed by atoms with van der Waals surface area (Å²) >= 11 is 0. The Morgan fingerprint density at radius 1 is 1.44 bits per heavy atom.